The average molecular weight is 382 g/mol. The van der Waals surface area contributed by atoms with Crippen molar-refractivity contribution in [1.29, 1.82) is 0 Å². The van der Waals surface area contributed by atoms with E-state index in [4.69, 9.17) is 22.1 Å². The molecule has 0 saturated carbocycles. The lowest BCUT2D eigenvalue weighted by molar-refractivity contribution is 0.314. The Morgan fingerprint density at radius 1 is 1.07 bits per heavy atom. The van der Waals surface area contributed by atoms with Gasteiger partial charge in [-0.15, -0.1) is 0 Å². The molecule has 27 heavy (non-hydrogen) atoms. The molecule has 0 spiro atoms. The number of para-hydroxylation sites is 1. The molecule has 0 atom stereocenters. The first kappa shape index (κ1) is 16.7. The van der Waals surface area contributed by atoms with Gasteiger partial charge in [0.15, 0.2) is 5.82 Å². The Labute approximate surface area is 157 Å². The van der Waals surface area contributed by atoms with Crippen LogP contribution in [0.3, 0.4) is 0 Å². The molecule has 9 nitrogen and oxygen atoms in total. The molecule has 2 aromatic heterocycles. The molecule has 10 heteroatoms. The number of phenols is 1. The molecule has 0 radical (unpaired) electrons. The van der Waals surface area contributed by atoms with Crippen LogP contribution < -0.4 is 11.2 Å². The number of nitrogens with two attached hydrogens (primary N) is 1. The van der Waals surface area contributed by atoms with Crippen molar-refractivity contribution < 1.29 is 9.74 Å². The predicted molar refractivity (Wildman–Crippen MR) is 100 cm³/mol. The van der Waals surface area contributed by atoms with Gasteiger partial charge in [0.05, 0.1) is 0 Å². The van der Waals surface area contributed by atoms with Gasteiger partial charge in [0, 0.05) is 16.3 Å². The molecule has 0 amide bonds. The summed E-state index contributed by atoms with van der Waals surface area (Å²) in [7, 11) is 0. The maximum absolute atomic E-state index is 10.2. The fourth-order valence-corrected chi connectivity index (χ4v) is 2.68. The van der Waals surface area contributed by atoms with Gasteiger partial charge in [0.25, 0.3) is 0 Å². The molecule has 2 heterocycles. The lowest BCUT2D eigenvalue weighted by Crippen LogP contribution is -2.13. The van der Waals surface area contributed by atoms with Crippen LogP contribution in [0.25, 0.3) is 11.3 Å². The van der Waals surface area contributed by atoms with Gasteiger partial charge >= 0.3 is 0 Å². The maximum Gasteiger partial charge on any atom is 0.245 e. The molecule has 0 aliphatic carbocycles. The van der Waals surface area contributed by atoms with Gasteiger partial charge in [-0.1, -0.05) is 29.8 Å². The highest BCUT2D eigenvalue weighted by Gasteiger charge is 2.21. The summed E-state index contributed by atoms with van der Waals surface area (Å²) < 4.78 is 4.69. The number of halogens is 1. The van der Waals surface area contributed by atoms with Crippen molar-refractivity contribution in [3.63, 3.8) is 0 Å². The predicted octanol–water partition coefficient (Wildman–Crippen LogP) is 2.83. The second-order valence-electron chi connectivity index (χ2n) is 5.46. The van der Waals surface area contributed by atoms with E-state index in [1.807, 2.05) is 30.3 Å². The van der Waals surface area contributed by atoms with Crippen molar-refractivity contribution in [2.24, 2.45) is 10.9 Å². The van der Waals surface area contributed by atoms with Crippen molar-refractivity contribution in [3.8, 4) is 5.75 Å². The third-order valence-electron chi connectivity index (χ3n) is 3.72. The number of hydrogen-bond acceptors (Lipinski definition) is 9. The van der Waals surface area contributed by atoms with E-state index in [1.165, 1.54) is 12.1 Å². The second kappa shape index (κ2) is 6.89. The number of aromatic nitrogens is 4. The fraction of sp³-hybridized carbons (Fsp3) is 0. The average Bonchev–Trinajstić information content (AvgIpc) is 3.13. The third kappa shape index (κ3) is 3.23. The van der Waals surface area contributed by atoms with Crippen LogP contribution in [-0.4, -0.2) is 31.1 Å². The number of fused-ring (bicyclic) bond motifs is 1. The summed E-state index contributed by atoms with van der Waals surface area (Å²) in [5.41, 5.74) is 1.87. The summed E-state index contributed by atoms with van der Waals surface area (Å²) in [4.78, 5) is 8.78. The van der Waals surface area contributed by atoms with Crippen molar-refractivity contribution in [2.45, 2.75) is 0 Å². The smallest absolute Gasteiger partial charge is 0.245 e. The molecule has 0 fully saturated rings. The van der Waals surface area contributed by atoms with Crippen molar-refractivity contribution in [3.05, 3.63) is 64.8 Å². The first-order valence-electron chi connectivity index (χ1n) is 7.75. The summed E-state index contributed by atoms with van der Waals surface area (Å²) >= 11 is 6.06. The van der Waals surface area contributed by atoms with Gasteiger partial charge < -0.3 is 16.3 Å². The number of aromatic hydroxyl groups is 1. The van der Waals surface area contributed by atoms with Crippen LogP contribution in [0.15, 0.2) is 58.3 Å². The van der Waals surface area contributed by atoms with Gasteiger partial charge in [-0.3, -0.25) is 0 Å². The van der Waals surface area contributed by atoms with E-state index >= 15 is 0 Å². The Morgan fingerprint density at radius 3 is 2.56 bits per heavy atom. The normalized spacial score (nSPS) is 11.7. The molecule has 134 valence electrons. The lowest BCUT2D eigenvalue weighted by atomic mass is 10.1. The highest BCUT2D eigenvalue weighted by Crippen LogP contribution is 2.28. The van der Waals surface area contributed by atoms with E-state index < -0.39 is 0 Å². The molecule has 4 aromatic rings. The zero-order valence-corrected chi connectivity index (χ0v) is 14.4. The standard InChI is InChI=1S/C17H12ClN7O2/c18-9-6-7-12(26)11(8-9)13(23-19)14-15(20-10-4-2-1-3-5-10)22-17-16(21-14)24-27-25-17/h1-8,26H,19H2,(H,20,22,25). The summed E-state index contributed by atoms with van der Waals surface area (Å²) in [6.45, 7) is 0. The lowest BCUT2D eigenvalue weighted by Gasteiger charge is -2.12. The number of nitrogens with one attached hydrogen (secondary N) is 1. The summed E-state index contributed by atoms with van der Waals surface area (Å²) in [6.07, 6.45) is 0. The van der Waals surface area contributed by atoms with Gasteiger partial charge in [-0.25, -0.2) is 14.6 Å². The summed E-state index contributed by atoms with van der Waals surface area (Å²) in [5, 5.41) is 25.0. The van der Waals surface area contributed by atoms with Crippen LogP contribution in [0.2, 0.25) is 5.02 Å². The van der Waals surface area contributed by atoms with E-state index in [1.54, 1.807) is 6.07 Å². The van der Waals surface area contributed by atoms with Crippen molar-refractivity contribution in [2.75, 3.05) is 5.32 Å². The van der Waals surface area contributed by atoms with Crippen LogP contribution in [0.5, 0.6) is 5.75 Å². The topological polar surface area (TPSA) is 135 Å². The molecule has 0 unspecified atom stereocenters. The molecule has 2 aromatic carbocycles. The maximum atomic E-state index is 10.2. The van der Waals surface area contributed by atoms with Crippen LogP contribution in [0, 0.1) is 0 Å². The first-order chi connectivity index (χ1) is 13.2. The van der Waals surface area contributed by atoms with Crippen LogP contribution in [0.1, 0.15) is 11.3 Å². The zero-order chi connectivity index (χ0) is 18.8. The number of hydrazone groups is 1. The summed E-state index contributed by atoms with van der Waals surface area (Å²) in [5.74, 6) is 5.87. The van der Waals surface area contributed by atoms with Gasteiger partial charge in [0.2, 0.25) is 11.3 Å². The molecule has 4 N–H and O–H groups in total. The quantitative estimate of drug-likeness (QED) is 0.279. The minimum Gasteiger partial charge on any atom is -0.507 e. The molecular weight excluding hydrogens is 370 g/mol. The zero-order valence-electron chi connectivity index (χ0n) is 13.7. The monoisotopic (exact) mass is 381 g/mol. The highest BCUT2D eigenvalue weighted by molar-refractivity contribution is 6.31. The number of nitrogens with zero attached hydrogens (tertiary/aromatic N) is 5. The van der Waals surface area contributed by atoms with Crippen LogP contribution in [-0.2, 0) is 0 Å². The SMILES string of the molecule is NN=C(c1cc(Cl)ccc1O)c1nc2nonc2nc1Nc1ccccc1. The molecule has 4 rings (SSSR count). The molecule has 0 aliphatic rings. The Bertz CT molecular complexity index is 1140. The van der Waals surface area contributed by atoms with Gasteiger partial charge in [-0.2, -0.15) is 5.10 Å². The van der Waals surface area contributed by atoms with E-state index in [2.05, 4.69) is 30.7 Å². The minimum absolute atomic E-state index is 0.0607. The van der Waals surface area contributed by atoms with E-state index in [9.17, 15) is 5.11 Å². The van der Waals surface area contributed by atoms with E-state index in [0.29, 0.717) is 16.4 Å². The Morgan fingerprint density at radius 2 is 1.81 bits per heavy atom. The Balaban J connectivity index is 1.90. The molecule has 0 saturated heterocycles. The van der Waals surface area contributed by atoms with Crippen molar-refractivity contribution >= 4 is 40.1 Å². The van der Waals surface area contributed by atoms with E-state index in [-0.39, 0.29) is 28.4 Å². The second-order valence-corrected chi connectivity index (χ2v) is 5.90. The number of benzene rings is 2. The largest absolute Gasteiger partial charge is 0.507 e. The number of phenolic OH excluding ortho intramolecular Hbond substituents is 1. The Kier molecular flexibility index (Phi) is 4.27. The van der Waals surface area contributed by atoms with Crippen LogP contribution in [0.4, 0.5) is 11.5 Å². The molecule has 0 bridgehead atoms. The highest BCUT2D eigenvalue weighted by atomic mass is 35.5. The number of anilines is 2. The number of hydrogen-bond donors (Lipinski definition) is 3. The van der Waals surface area contributed by atoms with Crippen LogP contribution >= 0.6 is 11.6 Å². The molecule has 0 aliphatic heterocycles. The fourth-order valence-electron chi connectivity index (χ4n) is 2.50. The first-order valence-corrected chi connectivity index (χ1v) is 8.13. The third-order valence-corrected chi connectivity index (χ3v) is 3.95. The molecular formula is C17H12ClN7O2. The summed E-state index contributed by atoms with van der Waals surface area (Å²) in [6, 6.07) is 13.9. The number of rotatable bonds is 4. The van der Waals surface area contributed by atoms with Crippen molar-refractivity contribution in [1.82, 2.24) is 20.3 Å². The minimum atomic E-state index is -0.0607. The Hall–Kier alpha value is -3.72. The van der Waals surface area contributed by atoms with E-state index in [0.717, 1.165) is 5.69 Å². The van der Waals surface area contributed by atoms with Gasteiger partial charge in [-0.05, 0) is 40.6 Å². The van der Waals surface area contributed by atoms with Gasteiger partial charge in [0.1, 0.15) is 17.2 Å².